The summed E-state index contributed by atoms with van der Waals surface area (Å²) in [6.45, 7) is 9.97. The van der Waals surface area contributed by atoms with Gasteiger partial charge in [0.05, 0.1) is 6.61 Å². The monoisotopic (exact) mass is 476 g/mol. The molecule has 0 aromatic heterocycles. The summed E-state index contributed by atoms with van der Waals surface area (Å²) in [6.07, 6.45) is 6.47. The summed E-state index contributed by atoms with van der Waals surface area (Å²) in [5, 5.41) is 0. The van der Waals surface area contributed by atoms with Crippen LogP contribution < -0.4 is 0 Å². The summed E-state index contributed by atoms with van der Waals surface area (Å²) >= 11 is 0. The molecule has 0 aromatic carbocycles. The fourth-order valence-corrected chi connectivity index (χ4v) is 8.13. The minimum atomic E-state index is -0.475. The van der Waals surface area contributed by atoms with Gasteiger partial charge < -0.3 is 18.9 Å². The Morgan fingerprint density at radius 1 is 0.941 bits per heavy atom. The van der Waals surface area contributed by atoms with Gasteiger partial charge in [0.25, 0.3) is 0 Å². The van der Waals surface area contributed by atoms with Crippen LogP contribution >= 0.6 is 0 Å². The first kappa shape index (κ1) is 25.4. The van der Waals surface area contributed by atoms with Crippen LogP contribution in [0.15, 0.2) is 11.6 Å². The number of allylic oxidation sites excluding steroid dienone is 1. The lowest BCUT2D eigenvalue weighted by Gasteiger charge is -2.61. The Labute approximate surface area is 202 Å². The first-order valence-electron chi connectivity index (χ1n) is 12.6. The van der Waals surface area contributed by atoms with Gasteiger partial charge in [-0.1, -0.05) is 20.8 Å². The van der Waals surface area contributed by atoms with Gasteiger partial charge in [-0.15, -0.1) is 0 Å². The normalized spacial score (nSPS) is 40.5. The van der Waals surface area contributed by atoms with Crippen LogP contribution in [0.1, 0.15) is 73.1 Å². The first-order chi connectivity index (χ1) is 16.0. The van der Waals surface area contributed by atoms with Crippen molar-refractivity contribution in [3.05, 3.63) is 11.6 Å². The van der Waals surface area contributed by atoms with Crippen LogP contribution in [0.25, 0.3) is 0 Å². The standard InChI is InChI=1S/C27H40O7/c1-16(28)33-22-10-12-27(14-32-15-31-6)19-9-11-26(5)18(7-8-23(26)34-17(2)29)24(19)20(30)13-21(27)25(22,3)4/h13,18-19,22-24H,7-12,14-15H2,1-6H3/t18-,19-,22?,23?,24-,26-,27-/m0/s1. The second-order valence-electron chi connectivity index (χ2n) is 11.7. The molecule has 4 aliphatic carbocycles. The lowest BCUT2D eigenvalue weighted by Crippen LogP contribution is -2.60. The van der Waals surface area contributed by atoms with E-state index in [0.717, 1.165) is 44.1 Å². The smallest absolute Gasteiger partial charge is 0.302 e. The van der Waals surface area contributed by atoms with Gasteiger partial charge in [0.15, 0.2) is 5.78 Å². The van der Waals surface area contributed by atoms with Crippen LogP contribution in [0.2, 0.25) is 0 Å². The van der Waals surface area contributed by atoms with E-state index in [1.54, 1.807) is 7.11 Å². The molecule has 4 rings (SSSR count). The molecule has 7 nitrogen and oxygen atoms in total. The molecule has 0 aliphatic heterocycles. The summed E-state index contributed by atoms with van der Waals surface area (Å²) < 4.78 is 22.7. The molecule has 0 bridgehead atoms. The Morgan fingerprint density at radius 3 is 2.26 bits per heavy atom. The average Bonchev–Trinajstić information content (AvgIpc) is 3.07. The Morgan fingerprint density at radius 2 is 1.62 bits per heavy atom. The first-order valence-corrected chi connectivity index (χ1v) is 12.6. The largest absolute Gasteiger partial charge is 0.462 e. The number of fused-ring (bicyclic) bond motifs is 5. The predicted molar refractivity (Wildman–Crippen MR) is 125 cm³/mol. The molecule has 0 amide bonds. The van der Waals surface area contributed by atoms with E-state index in [2.05, 4.69) is 20.8 Å². The van der Waals surface area contributed by atoms with Crippen LogP contribution in [-0.4, -0.2) is 50.4 Å². The van der Waals surface area contributed by atoms with Crippen molar-refractivity contribution < 1.29 is 33.3 Å². The maximum Gasteiger partial charge on any atom is 0.302 e. The van der Waals surface area contributed by atoms with Crippen LogP contribution in [0, 0.1) is 34.0 Å². The SMILES string of the molecule is COCOC[C@]12CCC(OC(C)=O)C(C)(C)C1=CC(=O)[C@@H]1[C@@H]2CC[C@]2(C)C(OC(C)=O)CC[C@@H]12. The van der Waals surface area contributed by atoms with E-state index in [0.29, 0.717) is 6.61 Å². The molecule has 0 aromatic rings. The number of methoxy groups -OCH3 is 1. The van der Waals surface area contributed by atoms with Crippen molar-refractivity contribution in [3.8, 4) is 0 Å². The minimum absolute atomic E-state index is 0.115. The molecule has 0 radical (unpaired) electrons. The number of hydrogen-bond donors (Lipinski definition) is 0. The van der Waals surface area contributed by atoms with Gasteiger partial charge in [-0.05, 0) is 62.0 Å². The highest BCUT2D eigenvalue weighted by molar-refractivity contribution is 5.95. The van der Waals surface area contributed by atoms with Crippen molar-refractivity contribution in [1.82, 2.24) is 0 Å². The third-order valence-electron chi connectivity index (χ3n) is 9.57. The topological polar surface area (TPSA) is 88.1 Å². The number of ketones is 1. The number of hydrogen-bond acceptors (Lipinski definition) is 7. The molecule has 2 unspecified atom stereocenters. The second kappa shape index (κ2) is 9.05. The van der Waals surface area contributed by atoms with Crippen molar-refractivity contribution in [2.45, 2.75) is 85.4 Å². The number of ether oxygens (including phenoxy) is 4. The molecule has 0 heterocycles. The third-order valence-corrected chi connectivity index (χ3v) is 9.57. The molecule has 0 saturated heterocycles. The Kier molecular flexibility index (Phi) is 6.75. The zero-order chi connectivity index (χ0) is 24.9. The number of rotatable bonds is 6. The van der Waals surface area contributed by atoms with E-state index < -0.39 is 5.41 Å². The van der Waals surface area contributed by atoms with Crippen molar-refractivity contribution in [2.24, 2.45) is 34.0 Å². The van der Waals surface area contributed by atoms with E-state index in [1.807, 2.05) is 6.08 Å². The zero-order valence-electron chi connectivity index (χ0n) is 21.5. The molecule has 0 spiro atoms. The highest BCUT2D eigenvalue weighted by Crippen LogP contribution is 2.67. The van der Waals surface area contributed by atoms with E-state index in [4.69, 9.17) is 18.9 Å². The summed E-state index contributed by atoms with van der Waals surface area (Å²) in [6, 6.07) is 0. The van der Waals surface area contributed by atoms with E-state index >= 15 is 0 Å². The summed E-state index contributed by atoms with van der Waals surface area (Å²) in [4.78, 5) is 37.4. The quantitative estimate of drug-likeness (QED) is 0.322. The van der Waals surface area contributed by atoms with Crippen molar-refractivity contribution in [1.29, 1.82) is 0 Å². The van der Waals surface area contributed by atoms with Gasteiger partial charge in [0, 0.05) is 43.1 Å². The van der Waals surface area contributed by atoms with Gasteiger partial charge in [-0.2, -0.15) is 0 Å². The molecule has 3 fully saturated rings. The molecule has 7 heteroatoms. The highest BCUT2D eigenvalue weighted by Gasteiger charge is 2.65. The van der Waals surface area contributed by atoms with Crippen LogP contribution in [0.4, 0.5) is 0 Å². The molecule has 3 saturated carbocycles. The maximum absolute atomic E-state index is 13.8. The lowest BCUT2D eigenvalue weighted by molar-refractivity contribution is -0.169. The molecule has 7 atom stereocenters. The molecule has 190 valence electrons. The van der Waals surface area contributed by atoms with Crippen LogP contribution in [-0.2, 0) is 33.3 Å². The number of carbonyl (C=O) groups excluding carboxylic acids is 3. The van der Waals surface area contributed by atoms with E-state index in [1.165, 1.54) is 13.8 Å². The maximum atomic E-state index is 13.8. The lowest BCUT2D eigenvalue weighted by atomic mass is 9.44. The molecular formula is C27H40O7. The van der Waals surface area contributed by atoms with E-state index in [-0.39, 0.29) is 65.3 Å². The Hall–Kier alpha value is -1.73. The molecule has 4 aliphatic rings. The average molecular weight is 477 g/mol. The molecular weight excluding hydrogens is 436 g/mol. The Balaban J connectivity index is 1.74. The summed E-state index contributed by atoms with van der Waals surface area (Å²) in [5.41, 5.74) is 0.0841. The molecule has 34 heavy (non-hydrogen) atoms. The third kappa shape index (κ3) is 3.93. The fraction of sp³-hybridized carbons (Fsp3) is 0.815. The molecule has 0 N–H and O–H groups in total. The van der Waals surface area contributed by atoms with Crippen molar-refractivity contribution in [3.63, 3.8) is 0 Å². The van der Waals surface area contributed by atoms with Gasteiger partial charge in [0.2, 0.25) is 0 Å². The number of esters is 2. The summed E-state index contributed by atoms with van der Waals surface area (Å²) in [7, 11) is 1.61. The van der Waals surface area contributed by atoms with Crippen molar-refractivity contribution in [2.75, 3.05) is 20.5 Å². The van der Waals surface area contributed by atoms with Gasteiger partial charge in [-0.3, -0.25) is 14.4 Å². The second-order valence-corrected chi connectivity index (χ2v) is 11.7. The zero-order valence-corrected chi connectivity index (χ0v) is 21.5. The van der Waals surface area contributed by atoms with Crippen LogP contribution in [0.5, 0.6) is 0 Å². The summed E-state index contributed by atoms with van der Waals surface area (Å²) in [5.74, 6) is -0.175. The predicted octanol–water partition coefficient (Wildman–Crippen LogP) is 4.23. The van der Waals surface area contributed by atoms with Gasteiger partial charge in [-0.25, -0.2) is 0 Å². The number of carbonyl (C=O) groups is 3. The van der Waals surface area contributed by atoms with E-state index in [9.17, 15) is 14.4 Å². The van der Waals surface area contributed by atoms with Crippen LogP contribution in [0.3, 0.4) is 0 Å². The van der Waals surface area contributed by atoms with Gasteiger partial charge >= 0.3 is 11.9 Å². The fourth-order valence-electron chi connectivity index (χ4n) is 8.13. The van der Waals surface area contributed by atoms with Gasteiger partial charge in [0.1, 0.15) is 19.0 Å². The Bertz CT molecular complexity index is 876. The van der Waals surface area contributed by atoms with Crippen molar-refractivity contribution >= 4 is 17.7 Å². The highest BCUT2D eigenvalue weighted by atomic mass is 16.7. The minimum Gasteiger partial charge on any atom is -0.462 e.